The summed E-state index contributed by atoms with van der Waals surface area (Å²) in [4.78, 5) is 21.8. The first-order chi connectivity index (χ1) is 13.3. The van der Waals surface area contributed by atoms with Gasteiger partial charge < -0.3 is 18.9 Å². The monoisotopic (exact) mass is 399 g/mol. The Morgan fingerprint density at radius 3 is 2.43 bits per heavy atom. The number of carboxylic acids is 1. The van der Waals surface area contributed by atoms with Crippen LogP contribution >= 0.6 is 11.8 Å². The van der Waals surface area contributed by atoms with Gasteiger partial charge in [-0.3, -0.25) is 10.1 Å². The van der Waals surface area contributed by atoms with E-state index in [-0.39, 0.29) is 15.8 Å². The summed E-state index contributed by atoms with van der Waals surface area (Å²) in [6.07, 6.45) is 1.48. The number of carboxylic acid groups (broad SMARTS) is 1. The number of nitro benzene ring substituents is 1. The minimum Gasteiger partial charge on any atom is -0.544 e. The molecule has 0 fully saturated rings. The molecule has 0 aliphatic rings. The van der Waals surface area contributed by atoms with E-state index in [1.54, 1.807) is 19.1 Å². The zero-order valence-electron chi connectivity index (χ0n) is 15.2. The van der Waals surface area contributed by atoms with E-state index in [1.165, 1.54) is 18.2 Å². The highest BCUT2D eigenvalue weighted by molar-refractivity contribution is 8.03. The molecular formula is C18H15N4O5S-. The first-order valence-electron chi connectivity index (χ1n) is 8.11. The largest absolute Gasteiger partial charge is 0.544 e. The van der Waals surface area contributed by atoms with Gasteiger partial charge in [-0.1, -0.05) is 0 Å². The second-order valence-electron chi connectivity index (χ2n) is 5.92. The Labute approximate surface area is 163 Å². The van der Waals surface area contributed by atoms with Crippen molar-refractivity contribution < 1.29 is 19.2 Å². The van der Waals surface area contributed by atoms with E-state index < -0.39 is 10.9 Å². The van der Waals surface area contributed by atoms with Crippen molar-refractivity contribution in [3.8, 4) is 5.69 Å². The average molecular weight is 399 g/mol. The molecule has 3 aromatic rings. The molecule has 0 saturated carbocycles. The van der Waals surface area contributed by atoms with Crippen LogP contribution in [-0.2, 0) is 4.79 Å². The lowest BCUT2D eigenvalue weighted by Crippen LogP contribution is -2.23. The van der Waals surface area contributed by atoms with Gasteiger partial charge in [-0.15, -0.1) is 10.2 Å². The van der Waals surface area contributed by atoms with Gasteiger partial charge in [-0.2, -0.15) is 0 Å². The van der Waals surface area contributed by atoms with E-state index in [2.05, 4.69) is 10.2 Å². The van der Waals surface area contributed by atoms with Crippen LogP contribution in [0.2, 0.25) is 0 Å². The highest BCUT2D eigenvalue weighted by atomic mass is 32.2. The van der Waals surface area contributed by atoms with Crippen LogP contribution in [0.1, 0.15) is 22.8 Å². The molecule has 0 bridgehead atoms. The Kier molecular flexibility index (Phi) is 5.32. The summed E-state index contributed by atoms with van der Waals surface area (Å²) in [5, 5.41) is 29.9. The highest BCUT2D eigenvalue weighted by Crippen LogP contribution is 2.30. The fourth-order valence-corrected chi connectivity index (χ4v) is 3.44. The van der Waals surface area contributed by atoms with E-state index in [1.807, 2.05) is 24.5 Å². The normalized spacial score (nSPS) is 11.6. The summed E-state index contributed by atoms with van der Waals surface area (Å²) in [6, 6.07) is 7.94. The van der Waals surface area contributed by atoms with Crippen LogP contribution in [0.5, 0.6) is 0 Å². The average Bonchev–Trinajstić information content (AvgIpc) is 3.17. The van der Waals surface area contributed by atoms with E-state index in [9.17, 15) is 20.0 Å². The van der Waals surface area contributed by atoms with Crippen molar-refractivity contribution in [1.29, 1.82) is 0 Å². The second-order valence-corrected chi connectivity index (χ2v) is 6.91. The quantitative estimate of drug-likeness (QED) is 0.268. The summed E-state index contributed by atoms with van der Waals surface area (Å²) in [5.41, 5.74) is 3.01. The number of thioether (sulfide) groups is 1. The Bertz CT molecular complexity index is 1080. The lowest BCUT2D eigenvalue weighted by atomic mass is 10.2. The zero-order valence-corrected chi connectivity index (χ0v) is 16.0. The first-order valence-corrected chi connectivity index (χ1v) is 8.92. The molecule has 2 aromatic heterocycles. The smallest absolute Gasteiger partial charge is 0.281 e. The number of carbonyl (C=O) groups is 1. The number of rotatable bonds is 6. The molecule has 0 aliphatic carbocycles. The van der Waals surface area contributed by atoms with Gasteiger partial charge in [0.1, 0.15) is 0 Å². The molecule has 0 atom stereocenters. The summed E-state index contributed by atoms with van der Waals surface area (Å²) in [5.74, 6) is -1.03. The molecule has 0 radical (unpaired) electrons. The number of aliphatic carboxylic acids is 1. The van der Waals surface area contributed by atoms with E-state index >= 15 is 0 Å². The van der Waals surface area contributed by atoms with Gasteiger partial charge in [-0.05, 0) is 55.4 Å². The predicted molar refractivity (Wildman–Crippen MR) is 99.8 cm³/mol. The number of nitro groups is 1. The number of aryl methyl sites for hydroxylation is 2. The fraction of sp³-hybridized carbons (Fsp3) is 0.167. The first kappa shape index (κ1) is 19.4. The SMILES string of the molecule is Cc1nnc(S/C(=C\c2cc(C)n(-c3ccc([N+](=O)[O-])cc3)c2C)C(=O)[O-])o1. The summed E-state index contributed by atoms with van der Waals surface area (Å²) < 4.78 is 7.09. The van der Waals surface area contributed by atoms with Crippen molar-refractivity contribution in [2.24, 2.45) is 0 Å². The number of nitrogens with zero attached hydrogens (tertiary/aromatic N) is 4. The van der Waals surface area contributed by atoms with Crippen molar-refractivity contribution in [1.82, 2.24) is 14.8 Å². The van der Waals surface area contributed by atoms with Gasteiger partial charge in [0.25, 0.3) is 10.9 Å². The molecule has 28 heavy (non-hydrogen) atoms. The van der Waals surface area contributed by atoms with Crippen molar-refractivity contribution in [3.63, 3.8) is 0 Å². The van der Waals surface area contributed by atoms with Gasteiger partial charge in [0, 0.05) is 41.0 Å². The van der Waals surface area contributed by atoms with Crippen molar-refractivity contribution in [3.05, 3.63) is 68.2 Å². The summed E-state index contributed by atoms with van der Waals surface area (Å²) in [6.45, 7) is 5.30. The maximum Gasteiger partial charge on any atom is 0.281 e. The van der Waals surface area contributed by atoms with Crippen LogP contribution in [0.15, 0.2) is 44.9 Å². The van der Waals surface area contributed by atoms with Gasteiger partial charge in [-0.25, -0.2) is 0 Å². The van der Waals surface area contributed by atoms with Crippen molar-refractivity contribution >= 4 is 29.5 Å². The molecule has 0 aliphatic heterocycles. The van der Waals surface area contributed by atoms with Crippen molar-refractivity contribution in [2.45, 2.75) is 26.0 Å². The molecule has 144 valence electrons. The minimum absolute atomic E-state index is 0.00294. The number of hydrogen-bond acceptors (Lipinski definition) is 8. The van der Waals surface area contributed by atoms with Gasteiger partial charge in [0.15, 0.2) is 0 Å². The van der Waals surface area contributed by atoms with Crippen LogP contribution in [0, 0.1) is 30.9 Å². The Morgan fingerprint density at radius 1 is 1.21 bits per heavy atom. The Balaban J connectivity index is 1.98. The number of non-ortho nitro benzene ring substituents is 1. The summed E-state index contributed by atoms with van der Waals surface area (Å²) >= 11 is 0.812. The van der Waals surface area contributed by atoms with Gasteiger partial charge in [0.2, 0.25) is 5.89 Å². The van der Waals surface area contributed by atoms with E-state index in [0.29, 0.717) is 11.5 Å². The molecule has 0 amide bonds. The van der Waals surface area contributed by atoms with Crippen LogP contribution in [0.3, 0.4) is 0 Å². The molecule has 10 heteroatoms. The maximum atomic E-state index is 11.5. The summed E-state index contributed by atoms with van der Waals surface area (Å²) in [7, 11) is 0. The van der Waals surface area contributed by atoms with Crippen LogP contribution in [0.25, 0.3) is 11.8 Å². The van der Waals surface area contributed by atoms with E-state index in [4.69, 9.17) is 4.42 Å². The molecule has 0 saturated heterocycles. The van der Waals surface area contributed by atoms with Crippen molar-refractivity contribution in [2.75, 3.05) is 0 Å². The number of carbonyl (C=O) groups excluding carboxylic acids is 1. The standard InChI is InChI=1S/C18H16N4O5S/c1-10-8-13(9-16(17(23)24)28-18-20-19-12(3)27-18)11(2)21(10)14-4-6-15(7-5-14)22(25)26/h4-9H,1-3H3,(H,23,24)/p-1/b16-9-. The fourth-order valence-electron chi connectivity index (χ4n) is 2.74. The lowest BCUT2D eigenvalue weighted by Gasteiger charge is -2.10. The molecule has 0 N–H and O–H groups in total. The van der Waals surface area contributed by atoms with Crippen LogP contribution < -0.4 is 5.11 Å². The molecule has 0 unspecified atom stereocenters. The Morgan fingerprint density at radius 2 is 1.89 bits per heavy atom. The molecular weight excluding hydrogens is 384 g/mol. The van der Waals surface area contributed by atoms with E-state index in [0.717, 1.165) is 28.8 Å². The third-order valence-electron chi connectivity index (χ3n) is 3.98. The van der Waals surface area contributed by atoms with Crippen LogP contribution in [0.4, 0.5) is 5.69 Å². The molecule has 0 spiro atoms. The molecule has 3 rings (SSSR count). The number of benzene rings is 1. The minimum atomic E-state index is -1.36. The third kappa shape index (κ3) is 3.96. The lowest BCUT2D eigenvalue weighted by molar-refractivity contribution is -0.384. The number of hydrogen-bond donors (Lipinski definition) is 0. The molecule has 2 heterocycles. The highest BCUT2D eigenvalue weighted by Gasteiger charge is 2.14. The van der Waals surface area contributed by atoms with Crippen LogP contribution in [-0.4, -0.2) is 25.7 Å². The van der Waals surface area contributed by atoms with Gasteiger partial charge >= 0.3 is 0 Å². The third-order valence-corrected chi connectivity index (χ3v) is 4.83. The topological polar surface area (TPSA) is 127 Å². The molecule has 9 nitrogen and oxygen atoms in total. The predicted octanol–water partition coefficient (Wildman–Crippen LogP) is 2.58. The second kappa shape index (κ2) is 7.69. The number of aromatic nitrogens is 3. The van der Waals surface area contributed by atoms with Gasteiger partial charge in [0.05, 0.1) is 10.9 Å². The molecule has 1 aromatic carbocycles. The zero-order chi connectivity index (χ0) is 20.4. The Hall–Kier alpha value is -3.40. The maximum absolute atomic E-state index is 11.5.